The average molecular weight is 239 g/mol. The van der Waals surface area contributed by atoms with Crippen molar-refractivity contribution in [1.29, 1.82) is 0 Å². The zero-order valence-electron chi connectivity index (χ0n) is 9.32. The van der Waals surface area contributed by atoms with Crippen LogP contribution < -0.4 is 5.32 Å². The van der Waals surface area contributed by atoms with E-state index in [-0.39, 0.29) is 12.4 Å². The molecule has 0 spiro atoms. The first-order valence-electron chi connectivity index (χ1n) is 5.57. The van der Waals surface area contributed by atoms with E-state index in [1.54, 1.807) is 0 Å². The summed E-state index contributed by atoms with van der Waals surface area (Å²) < 4.78 is 12.7. The molecule has 0 amide bonds. The van der Waals surface area contributed by atoms with Gasteiger partial charge >= 0.3 is 5.97 Å². The van der Waals surface area contributed by atoms with Crippen LogP contribution >= 0.6 is 0 Å². The standard InChI is InChI=1S/C11H14FN3O2/c12-8-6-13-10(14-7-8)15-11(5-9(16)17)3-1-2-4-11/h6-7H,1-5H2,(H,16,17)(H,13,14,15). The fraction of sp³-hybridized carbons (Fsp3) is 0.545. The molecule has 92 valence electrons. The topological polar surface area (TPSA) is 75.1 Å². The SMILES string of the molecule is O=C(O)CC1(Nc2ncc(F)cn2)CCCC1. The van der Waals surface area contributed by atoms with Crippen LogP contribution in [-0.4, -0.2) is 26.6 Å². The Bertz CT molecular complexity index is 402. The molecule has 0 atom stereocenters. The van der Waals surface area contributed by atoms with Gasteiger partial charge in [-0.15, -0.1) is 0 Å². The lowest BCUT2D eigenvalue weighted by Gasteiger charge is -2.28. The molecule has 0 aromatic carbocycles. The predicted octanol–water partition coefficient (Wildman–Crippen LogP) is 1.82. The van der Waals surface area contributed by atoms with Crippen LogP contribution in [0.25, 0.3) is 0 Å². The lowest BCUT2D eigenvalue weighted by Crippen LogP contribution is -2.38. The number of halogens is 1. The zero-order chi connectivity index (χ0) is 12.3. The Morgan fingerprint density at radius 3 is 2.53 bits per heavy atom. The van der Waals surface area contributed by atoms with Gasteiger partial charge in [0, 0.05) is 0 Å². The fourth-order valence-electron chi connectivity index (χ4n) is 2.30. The summed E-state index contributed by atoms with van der Waals surface area (Å²) in [6, 6.07) is 0. The van der Waals surface area contributed by atoms with Crippen LogP contribution in [-0.2, 0) is 4.79 Å². The van der Waals surface area contributed by atoms with Gasteiger partial charge in [-0.05, 0) is 12.8 Å². The van der Waals surface area contributed by atoms with E-state index in [1.807, 2.05) is 0 Å². The molecule has 6 heteroatoms. The highest BCUT2D eigenvalue weighted by molar-refractivity contribution is 5.69. The van der Waals surface area contributed by atoms with Crippen LogP contribution in [0.1, 0.15) is 32.1 Å². The Kier molecular flexibility index (Phi) is 3.21. The highest BCUT2D eigenvalue weighted by Crippen LogP contribution is 2.35. The van der Waals surface area contributed by atoms with E-state index >= 15 is 0 Å². The van der Waals surface area contributed by atoms with E-state index in [0.29, 0.717) is 0 Å². The molecule has 1 fully saturated rings. The van der Waals surface area contributed by atoms with E-state index < -0.39 is 17.3 Å². The zero-order valence-corrected chi connectivity index (χ0v) is 9.32. The molecule has 5 nitrogen and oxygen atoms in total. The van der Waals surface area contributed by atoms with Crippen molar-refractivity contribution >= 4 is 11.9 Å². The Morgan fingerprint density at radius 2 is 2.00 bits per heavy atom. The van der Waals surface area contributed by atoms with Crippen LogP contribution in [0.3, 0.4) is 0 Å². The van der Waals surface area contributed by atoms with Crippen molar-refractivity contribution in [3.05, 3.63) is 18.2 Å². The lowest BCUT2D eigenvalue weighted by molar-refractivity contribution is -0.138. The van der Waals surface area contributed by atoms with Crippen LogP contribution in [0, 0.1) is 5.82 Å². The number of hydrogen-bond donors (Lipinski definition) is 2. The average Bonchev–Trinajstić information content (AvgIpc) is 2.69. The monoisotopic (exact) mass is 239 g/mol. The molecule has 2 rings (SSSR count). The summed E-state index contributed by atoms with van der Waals surface area (Å²) in [7, 11) is 0. The minimum atomic E-state index is -0.846. The quantitative estimate of drug-likeness (QED) is 0.838. The Hall–Kier alpha value is -1.72. The third-order valence-electron chi connectivity index (χ3n) is 3.05. The Balaban J connectivity index is 2.12. The number of aromatic nitrogens is 2. The predicted molar refractivity (Wildman–Crippen MR) is 59.1 cm³/mol. The van der Waals surface area contributed by atoms with Gasteiger partial charge < -0.3 is 10.4 Å². The van der Waals surface area contributed by atoms with Crippen molar-refractivity contribution in [2.75, 3.05) is 5.32 Å². The first-order valence-corrected chi connectivity index (χ1v) is 5.57. The number of rotatable bonds is 4. The molecular formula is C11H14FN3O2. The number of carboxylic acid groups (broad SMARTS) is 1. The van der Waals surface area contributed by atoms with Gasteiger partial charge in [0.15, 0.2) is 5.82 Å². The molecule has 1 heterocycles. The van der Waals surface area contributed by atoms with E-state index in [2.05, 4.69) is 15.3 Å². The second-order valence-corrected chi connectivity index (χ2v) is 4.41. The van der Waals surface area contributed by atoms with Crippen LogP contribution in [0.15, 0.2) is 12.4 Å². The van der Waals surface area contributed by atoms with Gasteiger partial charge in [-0.3, -0.25) is 4.79 Å². The molecule has 1 aliphatic carbocycles. The Morgan fingerprint density at radius 1 is 1.41 bits per heavy atom. The summed E-state index contributed by atoms with van der Waals surface area (Å²) >= 11 is 0. The van der Waals surface area contributed by atoms with Crippen molar-refractivity contribution in [3.8, 4) is 0 Å². The van der Waals surface area contributed by atoms with Crippen LogP contribution in [0.5, 0.6) is 0 Å². The number of nitrogens with one attached hydrogen (secondary N) is 1. The van der Waals surface area contributed by atoms with Gasteiger partial charge in [-0.2, -0.15) is 0 Å². The second kappa shape index (κ2) is 4.65. The van der Waals surface area contributed by atoms with Gasteiger partial charge in [0.25, 0.3) is 0 Å². The molecule has 0 aliphatic heterocycles. The van der Waals surface area contributed by atoms with Gasteiger partial charge in [-0.1, -0.05) is 12.8 Å². The van der Waals surface area contributed by atoms with Crippen molar-refractivity contribution in [1.82, 2.24) is 9.97 Å². The van der Waals surface area contributed by atoms with Crippen molar-refractivity contribution in [2.24, 2.45) is 0 Å². The summed E-state index contributed by atoms with van der Waals surface area (Å²) in [5.74, 6) is -1.06. The molecule has 1 aromatic heterocycles. The molecule has 17 heavy (non-hydrogen) atoms. The second-order valence-electron chi connectivity index (χ2n) is 4.41. The maximum atomic E-state index is 12.7. The molecule has 1 saturated carbocycles. The third kappa shape index (κ3) is 2.89. The molecule has 0 bridgehead atoms. The molecule has 2 N–H and O–H groups in total. The van der Waals surface area contributed by atoms with Crippen LogP contribution in [0.2, 0.25) is 0 Å². The molecule has 0 unspecified atom stereocenters. The van der Waals surface area contributed by atoms with Gasteiger partial charge in [0.2, 0.25) is 5.95 Å². The normalized spacial score (nSPS) is 17.9. The van der Waals surface area contributed by atoms with E-state index in [0.717, 1.165) is 38.1 Å². The summed E-state index contributed by atoms with van der Waals surface area (Å²) in [4.78, 5) is 18.5. The molecule has 1 aliphatic rings. The van der Waals surface area contributed by atoms with Crippen LogP contribution in [0.4, 0.5) is 10.3 Å². The van der Waals surface area contributed by atoms with Gasteiger partial charge in [-0.25, -0.2) is 14.4 Å². The smallest absolute Gasteiger partial charge is 0.305 e. The summed E-state index contributed by atoms with van der Waals surface area (Å²) in [6.07, 6.45) is 5.70. The number of anilines is 1. The number of nitrogens with zero attached hydrogens (tertiary/aromatic N) is 2. The molecular weight excluding hydrogens is 225 g/mol. The fourth-order valence-corrected chi connectivity index (χ4v) is 2.30. The molecule has 1 aromatic rings. The van der Waals surface area contributed by atoms with Crippen molar-refractivity contribution in [2.45, 2.75) is 37.6 Å². The van der Waals surface area contributed by atoms with Crippen molar-refractivity contribution in [3.63, 3.8) is 0 Å². The first-order chi connectivity index (χ1) is 8.10. The van der Waals surface area contributed by atoms with E-state index in [4.69, 9.17) is 5.11 Å². The molecule has 0 radical (unpaired) electrons. The minimum Gasteiger partial charge on any atom is -0.481 e. The summed E-state index contributed by atoms with van der Waals surface area (Å²) in [6.45, 7) is 0. The van der Waals surface area contributed by atoms with Gasteiger partial charge in [0.05, 0.1) is 24.4 Å². The highest BCUT2D eigenvalue weighted by atomic mass is 19.1. The molecule has 0 saturated heterocycles. The number of aliphatic carboxylic acids is 1. The Labute approximate surface area is 98.1 Å². The number of carbonyl (C=O) groups is 1. The minimum absolute atomic E-state index is 0.0355. The van der Waals surface area contributed by atoms with E-state index in [9.17, 15) is 9.18 Å². The number of carboxylic acids is 1. The van der Waals surface area contributed by atoms with Crippen molar-refractivity contribution < 1.29 is 14.3 Å². The van der Waals surface area contributed by atoms with Gasteiger partial charge in [0.1, 0.15) is 0 Å². The third-order valence-corrected chi connectivity index (χ3v) is 3.05. The number of hydrogen-bond acceptors (Lipinski definition) is 4. The lowest BCUT2D eigenvalue weighted by atomic mass is 9.93. The highest BCUT2D eigenvalue weighted by Gasteiger charge is 2.36. The maximum absolute atomic E-state index is 12.7. The maximum Gasteiger partial charge on any atom is 0.305 e. The first kappa shape index (κ1) is 11.8. The summed E-state index contributed by atoms with van der Waals surface area (Å²) in [5.41, 5.74) is -0.482. The summed E-state index contributed by atoms with van der Waals surface area (Å²) in [5, 5.41) is 12.0. The van der Waals surface area contributed by atoms with E-state index in [1.165, 1.54) is 0 Å². The largest absolute Gasteiger partial charge is 0.481 e.